The molecule has 31 heavy (non-hydrogen) atoms. The molecule has 0 radical (unpaired) electrons. The van der Waals surface area contributed by atoms with E-state index in [1.807, 2.05) is 0 Å². The van der Waals surface area contributed by atoms with Gasteiger partial charge in [0.1, 0.15) is 5.56 Å². The van der Waals surface area contributed by atoms with E-state index >= 15 is 0 Å². The van der Waals surface area contributed by atoms with Crippen LogP contribution in [-0.4, -0.2) is 29.5 Å². The van der Waals surface area contributed by atoms with Crippen LogP contribution in [-0.2, 0) is 17.2 Å². The molecule has 0 unspecified atom stereocenters. The Labute approximate surface area is 175 Å². The molecule has 0 amide bonds. The second kappa shape index (κ2) is 7.22. The van der Waals surface area contributed by atoms with Crippen LogP contribution in [0.4, 0.5) is 13.2 Å². The lowest BCUT2D eigenvalue weighted by molar-refractivity contribution is -0.584. The number of fused-ring (bicyclic) bond motifs is 1. The lowest BCUT2D eigenvalue weighted by Crippen LogP contribution is -2.34. The topological polar surface area (TPSA) is 105 Å². The van der Waals surface area contributed by atoms with Gasteiger partial charge in [0.2, 0.25) is 17.2 Å². The Kier molecular flexibility index (Phi) is 5.25. The number of carbonyl (C=O) groups excluding carboxylic acids is 1. The van der Waals surface area contributed by atoms with Crippen molar-refractivity contribution in [2.75, 3.05) is 0 Å². The summed E-state index contributed by atoms with van der Waals surface area (Å²) in [6.07, 6.45) is 0.914. The van der Waals surface area contributed by atoms with E-state index in [-0.39, 0.29) is 11.1 Å². The lowest BCUT2D eigenvalue weighted by atomic mass is 9.93. The van der Waals surface area contributed by atoms with E-state index in [1.165, 1.54) is 12.1 Å². The van der Waals surface area contributed by atoms with Crippen LogP contribution in [0, 0.1) is 32.9 Å². The van der Waals surface area contributed by atoms with Gasteiger partial charge < -0.3 is 9.39 Å². The molecular weight excluding hydrogens is 439 g/mol. The van der Waals surface area contributed by atoms with Gasteiger partial charge in [-0.1, -0.05) is 6.07 Å². The molecule has 0 aliphatic carbocycles. The zero-order chi connectivity index (χ0) is 23.5. The molecule has 0 N–H and O–H groups in total. The molecule has 3 rings (SSSR count). The molecule has 0 saturated carbocycles. The Morgan fingerprint density at radius 1 is 1.13 bits per heavy atom. The van der Waals surface area contributed by atoms with Crippen LogP contribution in [0.3, 0.4) is 0 Å². The number of alkyl halides is 3. The van der Waals surface area contributed by atoms with Gasteiger partial charge in [-0.3, -0.25) is 4.79 Å². The van der Waals surface area contributed by atoms with Crippen molar-refractivity contribution in [1.29, 1.82) is 0 Å². The molecule has 3 aromatic rings. The van der Waals surface area contributed by atoms with E-state index in [2.05, 4.69) is 9.28 Å². The molecule has 0 spiro atoms. The summed E-state index contributed by atoms with van der Waals surface area (Å²) in [7, 11) is -4.89. The fourth-order valence-electron chi connectivity index (χ4n) is 3.28. The summed E-state index contributed by atoms with van der Waals surface area (Å²) < 4.78 is 66.9. The standard InChI is InChI=1S/C19H18F3N3O5S/c1-9-6-7-13(15-11(3)10(2)12(4)25(27)16(9)15)17(26)14-8-23-24(5)18(14)30-31(28,29)19(20,21)22/h6-8H,1-5H3. The van der Waals surface area contributed by atoms with Gasteiger partial charge in [0.05, 0.1) is 11.6 Å². The van der Waals surface area contributed by atoms with Crippen molar-refractivity contribution in [2.45, 2.75) is 33.2 Å². The predicted octanol–water partition coefficient (Wildman–Crippen LogP) is 2.90. The first-order valence-electron chi connectivity index (χ1n) is 8.89. The number of carbonyl (C=O) groups is 1. The van der Waals surface area contributed by atoms with Crippen molar-refractivity contribution in [2.24, 2.45) is 7.05 Å². The SMILES string of the molecule is Cc1c(C)c2c(C(=O)c3cnn(C)c3OS(=O)(=O)C(F)(F)F)ccc(C)c2[n+]([O-])c1C. The number of halogens is 3. The number of ketones is 1. The van der Waals surface area contributed by atoms with Crippen LogP contribution in [0.25, 0.3) is 10.9 Å². The highest BCUT2D eigenvalue weighted by Crippen LogP contribution is 2.32. The minimum Gasteiger partial charge on any atom is -0.618 e. The number of hydrogen-bond donors (Lipinski definition) is 0. The van der Waals surface area contributed by atoms with Crippen LogP contribution in [0.2, 0.25) is 0 Å². The molecule has 0 atom stereocenters. The number of aryl methyl sites for hydroxylation is 3. The Hall–Kier alpha value is -3.15. The van der Waals surface area contributed by atoms with Crippen LogP contribution >= 0.6 is 0 Å². The Bertz CT molecular complexity index is 1340. The predicted molar refractivity (Wildman–Crippen MR) is 104 cm³/mol. The van der Waals surface area contributed by atoms with E-state index in [9.17, 15) is 31.6 Å². The van der Waals surface area contributed by atoms with E-state index in [0.29, 0.717) is 37.2 Å². The van der Waals surface area contributed by atoms with Crippen molar-refractivity contribution < 1.29 is 35.3 Å². The van der Waals surface area contributed by atoms with Gasteiger partial charge in [-0.05, 0) is 32.4 Å². The normalized spacial score (nSPS) is 12.4. The number of pyridine rings is 1. The zero-order valence-electron chi connectivity index (χ0n) is 17.2. The van der Waals surface area contributed by atoms with Gasteiger partial charge >= 0.3 is 15.6 Å². The summed E-state index contributed by atoms with van der Waals surface area (Å²) in [6.45, 7) is 6.75. The van der Waals surface area contributed by atoms with Gasteiger partial charge in [-0.2, -0.15) is 31.4 Å². The first kappa shape index (κ1) is 22.5. The van der Waals surface area contributed by atoms with Crippen LogP contribution in [0.15, 0.2) is 18.3 Å². The molecule has 0 fully saturated rings. The maximum absolute atomic E-state index is 13.3. The Morgan fingerprint density at radius 3 is 2.32 bits per heavy atom. The summed E-state index contributed by atoms with van der Waals surface area (Å²) in [5.41, 5.74) is -3.61. The lowest BCUT2D eigenvalue weighted by Gasteiger charge is -2.15. The number of nitrogens with zero attached hydrogens (tertiary/aromatic N) is 3. The molecule has 0 saturated heterocycles. The number of benzene rings is 1. The van der Waals surface area contributed by atoms with Crippen LogP contribution < -0.4 is 8.91 Å². The van der Waals surface area contributed by atoms with Gasteiger partial charge in [-0.15, -0.1) is 0 Å². The minimum atomic E-state index is -6.03. The molecule has 166 valence electrons. The summed E-state index contributed by atoms with van der Waals surface area (Å²) in [4.78, 5) is 13.3. The zero-order valence-corrected chi connectivity index (χ0v) is 18.0. The summed E-state index contributed by atoms with van der Waals surface area (Å²) in [5, 5.41) is 16.7. The molecule has 0 aliphatic rings. The first-order chi connectivity index (χ1) is 14.2. The van der Waals surface area contributed by atoms with Gasteiger partial charge in [-0.25, -0.2) is 4.68 Å². The van der Waals surface area contributed by atoms with Crippen LogP contribution in [0.5, 0.6) is 5.88 Å². The second-order valence-electron chi connectivity index (χ2n) is 7.08. The molecular formula is C19H18F3N3O5S. The van der Waals surface area contributed by atoms with Crippen molar-refractivity contribution in [1.82, 2.24) is 9.78 Å². The maximum Gasteiger partial charge on any atom is 0.534 e. The van der Waals surface area contributed by atoms with Crippen molar-refractivity contribution >= 4 is 26.8 Å². The van der Waals surface area contributed by atoms with Gasteiger partial charge in [0.25, 0.3) is 0 Å². The monoisotopic (exact) mass is 457 g/mol. The summed E-state index contributed by atoms with van der Waals surface area (Å²) >= 11 is 0. The maximum atomic E-state index is 13.3. The highest BCUT2D eigenvalue weighted by atomic mass is 32.2. The third-order valence-corrected chi connectivity index (χ3v) is 6.16. The molecule has 2 heterocycles. The van der Waals surface area contributed by atoms with E-state index in [0.717, 1.165) is 13.2 Å². The smallest absolute Gasteiger partial charge is 0.534 e. The molecule has 0 bridgehead atoms. The highest BCUT2D eigenvalue weighted by Gasteiger charge is 2.49. The third-order valence-electron chi connectivity index (χ3n) is 5.21. The molecule has 1 aromatic carbocycles. The fraction of sp³-hybridized carbons (Fsp3) is 0.316. The average Bonchev–Trinajstić information content (AvgIpc) is 3.02. The Balaban J connectivity index is 2.27. The van der Waals surface area contributed by atoms with E-state index in [4.69, 9.17) is 0 Å². The number of rotatable bonds is 4. The molecule has 12 heteroatoms. The molecule has 0 aliphatic heterocycles. The second-order valence-corrected chi connectivity index (χ2v) is 8.62. The number of aromatic nitrogens is 3. The van der Waals surface area contributed by atoms with Crippen molar-refractivity contribution in [3.63, 3.8) is 0 Å². The van der Waals surface area contributed by atoms with Gasteiger partial charge in [0, 0.05) is 30.7 Å². The Morgan fingerprint density at radius 2 is 1.74 bits per heavy atom. The van der Waals surface area contributed by atoms with Crippen molar-refractivity contribution in [3.05, 3.63) is 57.0 Å². The quantitative estimate of drug-likeness (QED) is 0.196. The fourth-order valence-corrected chi connectivity index (χ4v) is 3.78. The first-order valence-corrected chi connectivity index (χ1v) is 10.3. The van der Waals surface area contributed by atoms with E-state index in [1.54, 1.807) is 27.7 Å². The van der Waals surface area contributed by atoms with E-state index < -0.39 is 32.9 Å². The summed E-state index contributed by atoms with van der Waals surface area (Å²) in [5.74, 6) is -1.72. The van der Waals surface area contributed by atoms with Crippen LogP contribution in [0.1, 0.15) is 38.3 Å². The average molecular weight is 457 g/mol. The molecule has 8 nitrogen and oxygen atoms in total. The molecule has 2 aromatic heterocycles. The number of hydrogen-bond acceptors (Lipinski definition) is 6. The largest absolute Gasteiger partial charge is 0.618 e. The summed E-state index contributed by atoms with van der Waals surface area (Å²) in [6, 6.07) is 2.96. The van der Waals surface area contributed by atoms with Gasteiger partial charge in [0.15, 0.2) is 5.69 Å². The van der Waals surface area contributed by atoms with Crippen molar-refractivity contribution in [3.8, 4) is 5.88 Å². The third kappa shape index (κ3) is 3.50. The highest BCUT2D eigenvalue weighted by molar-refractivity contribution is 7.88. The minimum absolute atomic E-state index is 0.00746.